The molecule has 2 nitrogen and oxygen atoms in total. The van der Waals surface area contributed by atoms with Crippen LogP contribution in [-0.2, 0) is 0 Å². The first-order valence-corrected chi connectivity index (χ1v) is 6.86. The molecule has 1 heterocycles. The molecule has 0 amide bonds. The van der Waals surface area contributed by atoms with E-state index in [1.165, 1.54) is 15.3 Å². The zero-order valence-electron chi connectivity index (χ0n) is 10.3. The monoisotopic (exact) mass is 239 g/mol. The van der Waals surface area contributed by atoms with E-state index in [4.69, 9.17) is 0 Å². The van der Waals surface area contributed by atoms with Crippen LogP contribution in [0.5, 0.6) is 0 Å². The highest BCUT2D eigenvalue weighted by Gasteiger charge is 2.27. The summed E-state index contributed by atoms with van der Waals surface area (Å²) in [6, 6.07) is 2.72. The molecule has 1 atom stereocenters. The second-order valence-corrected chi connectivity index (χ2v) is 6.45. The summed E-state index contributed by atoms with van der Waals surface area (Å²) in [7, 11) is 0. The molecule has 90 valence electrons. The molecular weight excluding hydrogens is 218 g/mol. The Hall–Kier alpha value is -0.380. The Morgan fingerprint density at radius 1 is 1.50 bits per heavy atom. The molecule has 1 aromatic heterocycles. The van der Waals surface area contributed by atoms with Gasteiger partial charge in [0, 0.05) is 15.8 Å². The van der Waals surface area contributed by atoms with Crippen LogP contribution < -0.4 is 5.32 Å². The molecule has 0 bridgehead atoms. The van der Waals surface area contributed by atoms with Gasteiger partial charge in [-0.3, -0.25) is 0 Å². The number of aryl methyl sites for hydroxylation is 2. The first kappa shape index (κ1) is 12.1. The molecule has 0 radical (unpaired) electrons. The maximum absolute atomic E-state index is 9.22. The predicted molar refractivity (Wildman–Crippen MR) is 68.9 cm³/mol. The lowest BCUT2D eigenvalue weighted by atomic mass is 9.82. The third-order valence-corrected chi connectivity index (χ3v) is 4.45. The Morgan fingerprint density at radius 3 is 2.69 bits per heavy atom. The first-order chi connectivity index (χ1) is 7.56. The normalized spacial score (nSPS) is 26.5. The van der Waals surface area contributed by atoms with E-state index >= 15 is 0 Å². The lowest BCUT2D eigenvalue weighted by Gasteiger charge is -2.32. The van der Waals surface area contributed by atoms with E-state index in [9.17, 15) is 5.11 Å². The predicted octanol–water partition coefficient (Wildman–Crippen LogP) is 2.79. The summed E-state index contributed by atoms with van der Waals surface area (Å²) in [5, 5.41) is 12.8. The van der Waals surface area contributed by atoms with E-state index in [2.05, 4.69) is 32.2 Å². The van der Waals surface area contributed by atoms with Gasteiger partial charge in [0.15, 0.2) is 0 Å². The molecular formula is C13H21NOS. The van der Waals surface area contributed by atoms with Crippen LogP contribution in [-0.4, -0.2) is 17.8 Å². The molecule has 16 heavy (non-hydrogen) atoms. The van der Waals surface area contributed by atoms with Gasteiger partial charge in [-0.05, 0) is 57.7 Å². The minimum Gasteiger partial charge on any atom is -0.393 e. The summed E-state index contributed by atoms with van der Waals surface area (Å²) in [5.41, 5.74) is 1.43. The molecule has 0 aliphatic heterocycles. The van der Waals surface area contributed by atoms with Crippen molar-refractivity contribution in [1.29, 1.82) is 0 Å². The Balaban J connectivity index is 1.83. The SMILES string of the molecule is Cc1cc(C(C)NCC2CC(O)C2)c(C)s1. The summed E-state index contributed by atoms with van der Waals surface area (Å²) in [4.78, 5) is 2.81. The van der Waals surface area contributed by atoms with Crippen molar-refractivity contribution in [2.45, 2.75) is 45.8 Å². The van der Waals surface area contributed by atoms with E-state index in [-0.39, 0.29) is 6.10 Å². The Kier molecular flexibility index (Phi) is 3.67. The van der Waals surface area contributed by atoms with Crippen LogP contribution in [0, 0.1) is 19.8 Å². The number of hydrogen-bond acceptors (Lipinski definition) is 3. The number of nitrogens with one attached hydrogen (secondary N) is 1. The molecule has 0 aromatic carbocycles. The molecule has 1 aliphatic rings. The van der Waals surface area contributed by atoms with Gasteiger partial charge in [0.2, 0.25) is 0 Å². The van der Waals surface area contributed by atoms with Crippen LogP contribution >= 0.6 is 11.3 Å². The van der Waals surface area contributed by atoms with Crippen LogP contribution in [0.25, 0.3) is 0 Å². The molecule has 1 aromatic rings. The van der Waals surface area contributed by atoms with Crippen molar-refractivity contribution in [1.82, 2.24) is 5.32 Å². The molecule has 0 saturated heterocycles. The van der Waals surface area contributed by atoms with E-state index in [0.717, 1.165) is 19.4 Å². The number of aliphatic hydroxyl groups is 1. The van der Waals surface area contributed by atoms with Gasteiger partial charge < -0.3 is 10.4 Å². The van der Waals surface area contributed by atoms with Crippen LogP contribution in [0.2, 0.25) is 0 Å². The van der Waals surface area contributed by atoms with Gasteiger partial charge in [0.05, 0.1) is 6.10 Å². The van der Waals surface area contributed by atoms with Crippen LogP contribution in [0.3, 0.4) is 0 Å². The zero-order valence-corrected chi connectivity index (χ0v) is 11.1. The average molecular weight is 239 g/mol. The van der Waals surface area contributed by atoms with E-state index in [0.29, 0.717) is 12.0 Å². The van der Waals surface area contributed by atoms with Gasteiger partial charge in [-0.15, -0.1) is 11.3 Å². The minimum absolute atomic E-state index is 0.0350. The van der Waals surface area contributed by atoms with Crippen LogP contribution in [0.1, 0.15) is 41.1 Å². The second kappa shape index (κ2) is 4.86. The minimum atomic E-state index is -0.0350. The van der Waals surface area contributed by atoms with Crippen LogP contribution in [0.4, 0.5) is 0 Å². The first-order valence-electron chi connectivity index (χ1n) is 6.04. The van der Waals surface area contributed by atoms with Crippen molar-refractivity contribution in [2.24, 2.45) is 5.92 Å². The fraction of sp³-hybridized carbons (Fsp3) is 0.692. The quantitative estimate of drug-likeness (QED) is 0.847. The third kappa shape index (κ3) is 2.65. The summed E-state index contributed by atoms with van der Waals surface area (Å²) < 4.78 is 0. The molecule has 1 unspecified atom stereocenters. The maximum atomic E-state index is 9.22. The average Bonchev–Trinajstić information content (AvgIpc) is 2.50. The molecule has 2 N–H and O–H groups in total. The lowest BCUT2D eigenvalue weighted by Crippen LogP contribution is -2.37. The van der Waals surface area contributed by atoms with Gasteiger partial charge in [-0.1, -0.05) is 0 Å². The Labute approximate surface area is 102 Å². The highest BCUT2D eigenvalue weighted by Crippen LogP contribution is 2.29. The highest BCUT2D eigenvalue weighted by atomic mass is 32.1. The van der Waals surface area contributed by atoms with Crippen LogP contribution in [0.15, 0.2) is 6.07 Å². The Bertz CT molecular complexity index is 355. The van der Waals surface area contributed by atoms with Gasteiger partial charge in [-0.2, -0.15) is 0 Å². The van der Waals surface area contributed by atoms with Gasteiger partial charge in [0.1, 0.15) is 0 Å². The van der Waals surface area contributed by atoms with Gasteiger partial charge in [0.25, 0.3) is 0 Å². The van der Waals surface area contributed by atoms with Crippen molar-refractivity contribution in [3.8, 4) is 0 Å². The van der Waals surface area contributed by atoms with E-state index in [1.54, 1.807) is 0 Å². The molecule has 3 heteroatoms. The highest BCUT2D eigenvalue weighted by molar-refractivity contribution is 7.12. The summed E-state index contributed by atoms with van der Waals surface area (Å²) in [6.07, 6.45) is 1.91. The Morgan fingerprint density at radius 2 is 2.19 bits per heavy atom. The summed E-state index contributed by atoms with van der Waals surface area (Å²) in [5.74, 6) is 0.678. The van der Waals surface area contributed by atoms with Crippen molar-refractivity contribution < 1.29 is 5.11 Å². The lowest BCUT2D eigenvalue weighted by molar-refractivity contribution is 0.0420. The summed E-state index contributed by atoms with van der Waals surface area (Å²) >= 11 is 1.87. The van der Waals surface area contributed by atoms with E-state index in [1.807, 2.05) is 11.3 Å². The van der Waals surface area contributed by atoms with Crippen molar-refractivity contribution in [3.63, 3.8) is 0 Å². The summed E-state index contributed by atoms with van der Waals surface area (Å²) in [6.45, 7) is 7.62. The third-order valence-electron chi connectivity index (χ3n) is 3.47. The van der Waals surface area contributed by atoms with Gasteiger partial charge >= 0.3 is 0 Å². The largest absolute Gasteiger partial charge is 0.393 e. The second-order valence-electron chi connectivity index (χ2n) is 4.99. The zero-order chi connectivity index (χ0) is 11.7. The molecule has 2 rings (SSSR count). The van der Waals surface area contributed by atoms with Crippen molar-refractivity contribution >= 4 is 11.3 Å². The standard InChI is InChI=1S/C13H21NOS/c1-8-4-13(10(3)16-8)9(2)14-7-11-5-12(15)6-11/h4,9,11-12,14-15H,5-7H2,1-3H3. The van der Waals surface area contributed by atoms with Crippen molar-refractivity contribution in [3.05, 3.63) is 21.4 Å². The fourth-order valence-corrected chi connectivity index (χ4v) is 3.42. The number of thiophene rings is 1. The fourth-order valence-electron chi connectivity index (χ4n) is 2.40. The topological polar surface area (TPSA) is 32.3 Å². The van der Waals surface area contributed by atoms with E-state index < -0.39 is 0 Å². The smallest absolute Gasteiger partial charge is 0.0546 e. The maximum Gasteiger partial charge on any atom is 0.0546 e. The molecule has 1 fully saturated rings. The molecule has 1 saturated carbocycles. The molecule has 0 spiro atoms. The number of hydrogen-bond donors (Lipinski definition) is 2. The number of aliphatic hydroxyl groups excluding tert-OH is 1. The van der Waals surface area contributed by atoms with Crippen molar-refractivity contribution in [2.75, 3.05) is 6.54 Å². The molecule has 1 aliphatic carbocycles. The van der Waals surface area contributed by atoms with Gasteiger partial charge in [-0.25, -0.2) is 0 Å². The number of rotatable bonds is 4.